The molecule has 0 N–H and O–H groups in total. The average molecular weight is 257 g/mol. The van der Waals surface area contributed by atoms with Crippen molar-refractivity contribution in [2.45, 2.75) is 0 Å². The van der Waals surface area contributed by atoms with Gasteiger partial charge in [0.2, 0.25) is 5.69 Å². The largest absolute Gasteiger partial charge is 0.618 e. The molecule has 0 saturated carbocycles. The third kappa shape index (κ3) is 3.04. The summed E-state index contributed by atoms with van der Waals surface area (Å²) in [5, 5.41) is 12.0. The van der Waals surface area contributed by atoms with Crippen molar-refractivity contribution in [3.8, 4) is 11.5 Å². The highest BCUT2D eigenvalue weighted by Gasteiger charge is 2.09. The lowest BCUT2D eigenvalue weighted by molar-refractivity contribution is -0.354. The molecule has 0 aliphatic rings. The minimum absolute atomic E-state index is 0.488. The maximum Gasteiger partial charge on any atom is 0.220 e. The second-order valence-electron chi connectivity index (χ2n) is 3.90. The molecular formula is C15H15NO3. The van der Waals surface area contributed by atoms with Crippen LogP contribution in [0.3, 0.4) is 0 Å². The maximum absolute atomic E-state index is 12.0. The van der Waals surface area contributed by atoms with Gasteiger partial charge in [0.15, 0.2) is 17.7 Å². The van der Waals surface area contributed by atoms with Crippen LogP contribution in [0.15, 0.2) is 48.5 Å². The lowest BCUT2D eigenvalue weighted by Gasteiger charge is -2.09. The summed E-state index contributed by atoms with van der Waals surface area (Å²) in [5.74, 6) is 1.13. The molecule has 4 heteroatoms. The lowest BCUT2D eigenvalue weighted by Crippen LogP contribution is -1.99. The number of hydrogen-bond donors (Lipinski definition) is 0. The van der Waals surface area contributed by atoms with Crippen LogP contribution in [0.25, 0.3) is 0 Å². The normalized spacial score (nSPS) is 11.2. The predicted octanol–water partition coefficient (Wildman–Crippen LogP) is 2.96. The summed E-state index contributed by atoms with van der Waals surface area (Å²) < 4.78 is 11.1. The smallest absolute Gasteiger partial charge is 0.220 e. The van der Waals surface area contributed by atoms with Crippen LogP contribution in [-0.4, -0.2) is 25.2 Å². The van der Waals surface area contributed by atoms with Gasteiger partial charge < -0.3 is 14.7 Å². The summed E-state index contributed by atoms with van der Waals surface area (Å²) in [5.41, 5.74) is 1.33. The first-order valence-corrected chi connectivity index (χ1v) is 5.83. The van der Waals surface area contributed by atoms with Crippen molar-refractivity contribution in [2.24, 2.45) is 0 Å². The summed E-state index contributed by atoms with van der Waals surface area (Å²) in [4.78, 5) is 0. The Balaban J connectivity index is 2.34. The fourth-order valence-corrected chi connectivity index (χ4v) is 1.71. The van der Waals surface area contributed by atoms with E-state index in [-0.39, 0.29) is 0 Å². The Bertz CT molecular complexity index is 579. The van der Waals surface area contributed by atoms with Crippen LogP contribution in [0.1, 0.15) is 5.56 Å². The second kappa shape index (κ2) is 5.91. The molecule has 0 radical (unpaired) electrons. The summed E-state index contributed by atoms with van der Waals surface area (Å²) in [6.07, 6.45) is 1.52. The molecule has 0 aliphatic heterocycles. The molecule has 0 heterocycles. The fourth-order valence-electron chi connectivity index (χ4n) is 1.71. The number of rotatable bonds is 4. The van der Waals surface area contributed by atoms with Gasteiger partial charge in [-0.05, 0) is 18.2 Å². The summed E-state index contributed by atoms with van der Waals surface area (Å²) in [7, 11) is 3.10. The second-order valence-corrected chi connectivity index (χ2v) is 3.90. The van der Waals surface area contributed by atoms with E-state index < -0.39 is 0 Å². The first-order valence-electron chi connectivity index (χ1n) is 5.83. The number of benzene rings is 2. The highest BCUT2D eigenvalue weighted by molar-refractivity contribution is 5.76. The third-order valence-corrected chi connectivity index (χ3v) is 2.69. The van der Waals surface area contributed by atoms with E-state index in [2.05, 4.69) is 0 Å². The van der Waals surface area contributed by atoms with Crippen LogP contribution in [-0.2, 0) is 0 Å². The quantitative estimate of drug-likeness (QED) is 0.366. The first kappa shape index (κ1) is 13.0. The standard InChI is InChI=1S/C15H15NO3/c1-18-14-9-8-13(10-15(14)19-2)16(17)11-12-6-4-3-5-7-12/h3-11H,1-2H3. The van der Waals surface area contributed by atoms with Gasteiger partial charge in [-0.2, -0.15) is 4.74 Å². The molecule has 0 saturated heterocycles. The fraction of sp³-hybridized carbons (Fsp3) is 0.133. The van der Waals surface area contributed by atoms with E-state index in [9.17, 15) is 5.21 Å². The zero-order valence-electron chi connectivity index (χ0n) is 10.9. The van der Waals surface area contributed by atoms with E-state index in [1.54, 1.807) is 25.3 Å². The zero-order valence-corrected chi connectivity index (χ0v) is 10.9. The molecule has 0 spiro atoms. The Morgan fingerprint density at radius 3 is 2.26 bits per heavy atom. The molecule has 0 amide bonds. The number of methoxy groups -OCH3 is 2. The van der Waals surface area contributed by atoms with Gasteiger partial charge in [0, 0.05) is 11.6 Å². The van der Waals surface area contributed by atoms with Gasteiger partial charge in [0.1, 0.15) is 0 Å². The number of nitrogens with zero attached hydrogens (tertiary/aromatic N) is 1. The molecule has 4 nitrogen and oxygen atoms in total. The molecule has 0 aromatic heterocycles. The maximum atomic E-state index is 12.0. The van der Waals surface area contributed by atoms with Gasteiger partial charge in [-0.15, -0.1) is 0 Å². The molecule has 2 aromatic rings. The number of ether oxygens (including phenoxy) is 2. The van der Waals surface area contributed by atoms with Crippen molar-refractivity contribution in [1.29, 1.82) is 0 Å². The van der Waals surface area contributed by atoms with Crippen molar-refractivity contribution in [2.75, 3.05) is 14.2 Å². The van der Waals surface area contributed by atoms with Gasteiger partial charge in [0.25, 0.3) is 0 Å². The Hall–Kier alpha value is -2.49. The summed E-state index contributed by atoms with van der Waals surface area (Å²) >= 11 is 0. The summed E-state index contributed by atoms with van der Waals surface area (Å²) in [6, 6.07) is 14.4. The van der Waals surface area contributed by atoms with Gasteiger partial charge in [0.05, 0.1) is 20.3 Å². The van der Waals surface area contributed by atoms with E-state index >= 15 is 0 Å². The number of hydrogen-bond acceptors (Lipinski definition) is 3. The zero-order chi connectivity index (χ0) is 13.7. The average Bonchev–Trinajstić information content (AvgIpc) is 2.47. The topological polar surface area (TPSA) is 44.5 Å². The molecule has 0 unspecified atom stereocenters. The third-order valence-electron chi connectivity index (χ3n) is 2.69. The van der Waals surface area contributed by atoms with Crippen LogP contribution in [0.4, 0.5) is 5.69 Å². The van der Waals surface area contributed by atoms with Crippen LogP contribution in [0, 0.1) is 5.21 Å². The monoisotopic (exact) mass is 257 g/mol. The van der Waals surface area contributed by atoms with Crippen LogP contribution < -0.4 is 9.47 Å². The van der Waals surface area contributed by atoms with Crippen LogP contribution in [0.5, 0.6) is 11.5 Å². The van der Waals surface area contributed by atoms with Gasteiger partial charge in [-0.3, -0.25) is 0 Å². The van der Waals surface area contributed by atoms with Gasteiger partial charge in [-0.1, -0.05) is 18.2 Å². The predicted molar refractivity (Wildman–Crippen MR) is 74.4 cm³/mol. The minimum Gasteiger partial charge on any atom is -0.618 e. The minimum atomic E-state index is 0.488. The molecule has 0 atom stereocenters. The molecule has 0 aliphatic carbocycles. The van der Waals surface area contributed by atoms with Crippen molar-refractivity contribution in [3.63, 3.8) is 0 Å². The molecule has 2 aromatic carbocycles. The molecule has 2 rings (SSSR count). The molecule has 0 fully saturated rings. The SMILES string of the molecule is COc1ccc([N+]([O-])=Cc2ccccc2)cc1OC. The van der Waals surface area contributed by atoms with E-state index in [0.29, 0.717) is 17.2 Å². The molecule has 19 heavy (non-hydrogen) atoms. The summed E-state index contributed by atoms with van der Waals surface area (Å²) in [6.45, 7) is 0. The Labute approximate surface area is 112 Å². The van der Waals surface area contributed by atoms with Crippen molar-refractivity contribution in [3.05, 3.63) is 59.3 Å². The highest BCUT2D eigenvalue weighted by Crippen LogP contribution is 2.30. The highest BCUT2D eigenvalue weighted by atomic mass is 16.5. The van der Waals surface area contributed by atoms with Gasteiger partial charge >= 0.3 is 0 Å². The first-order chi connectivity index (χ1) is 9.24. The Morgan fingerprint density at radius 1 is 0.947 bits per heavy atom. The van der Waals surface area contributed by atoms with Crippen LogP contribution >= 0.6 is 0 Å². The van der Waals surface area contributed by atoms with E-state index in [4.69, 9.17) is 9.47 Å². The Morgan fingerprint density at radius 2 is 1.63 bits per heavy atom. The van der Waals surface area contributed by atoms with Crippen molar-refractivity contribution < 1.29 is 14.2 Å². The van der Waals surface area contributed by atoms with E-state index in [1.807, 2.05) is 30.3 Å². The van der Waals surface area contributed by atoms with Crippen LogP contribution in [0.2, 0.25) is 0 Å². The van der Waals surface area contributed by atoms with E-state index in [0.717, 1.165) is 10.3 Å². The van der Waals surface area contributed by atoms with Crippen molar-refractivity contribution >= 4 is 11.9 Å². The lowest BCUT2D eigenvalue weighted by atomic mass is 10.2. The molecule has 0 bridgehead atoms. The molecule has 98 valence electrons. The van der Waals surface area contributed by atoms with Gasteiger partial charge in [-0.25, -0.2) is 0 Å². The molecular weight excluding hydrogens is 242 g/mol. The Kier molecular flexibility index (Phi) is 4.03. The van der Waals surface area contributed by atoms with Crippen molar-refractivity contribution in [1.82, 2.24) is 0 Å². The van der Waals surface area contributed by atoms with E-state index in [1.165, 1.54) is 13.3 Å².